The van der Waals surface area contributed by atoms with E-state index in [1.54, 1.807) is 0 Å². The zero-order valence-corrected chi connectivity index (χ0v) is 59.0. The molecule has 1 amide bonds. The Morgan fingerprint density at radius 2 is 0.711 bits per heavy atom. The molecule has 0 aliphatic carbocycles. The van der Waals surface area contributed by atoms with Crippen LogP contribution in [0.1, 0.15) is 232 Å². The summed E-state index contributed by atoms with van der Waals surface area (Å²) in [4.78, 5) is 13.4. The minimum absolute atomic E-state index is 0.203. The molecule has 0 aromatic heterocycles. The van der Waals surface area contributed by atoms with E-state index in [9.17, 15) is 61.0 Å². The molecule has 17 atom stereocenters. The number of aliphatic hydroxyl groups excluding tert-OH is 11. The van der Waals surface area contributed by atoms with Gasteiger partial charge in [-0.2, -0.15) is 0 Å². The number of allylic oxidation sites excluding steroid dienone is 20. The maximum Gasteiger partial charge on any atom is 0.220 e. The summed E-state index contributed by atoms with van der Waals surface area (Å²) in [6.45, 7) is 1.65. The Morgan fingerprint density at radius 3 is 1.09 bits per heavy atom. The van der Waals surface area contributed by atoms with Crippen molar-refractivity contribution in [2.24, 2.45) is 0 Å². The molecular formula is C78H131NO18. The molecule has 556 valence electrons. The second-order valence-corrected chi connectivity index (χ2v) is 26.0. The van der Waals surface area contributed by atoms with Crippen LogP contribution in [0, 0.1) is 0 Å². The molecule has 3 aliphatic heterocycles. The molecule has 3 aliphatic rings. The first-order chi connectivity index (χ1) is 47.3. The quantitative estimate of drug-likeness (QED) is 0.0199. The van der Waals surface area contributed by atoms with Gasteiger partial charge in [-0.3, -0.25) is 4.79 Å². The van der Waals surface area contributed by atoms with E-state index in [1.807, 2.05) is 0 Å². The summed E-state index contributed by atoms with van der Waals surface area (Å²) in [6.07, 6.45) is 52.7. The lowest BCUT2D eigenvalue weighted by Gasteiger charge is -2.48. The molecule has 19 nitrogen and oxygen atoms in total. The van der Waals surface area contributed by atoms with E-state index in [4.69, 9.17) is 28.4 Å². The number of amides is 1. The maximum absolute atomic E-state index is 13.4. The number of unbranched alkanes of at least 4 members (excludes halogenated alkanes) is 20. The third kappa shape index (κ3) is 38.7. The van der Waals surface area contributed by atoms with Gasteiger partial charge in [0.15, 0.2) is 18.9 Å². The van der Waals surface area contributed by atoms with E-state index < -0.39 is 124 Å². The van der Waals surface area contributed by atoms with Gasteiger partial charge in [0.2, 0.25) is 5.91 Å². The molecule has 3 rings (SSSR count). The van der Waals surface area contributed by atoms with Crippen LogP contribution in [0.2, 0.25) is 0 Å². The molecule has 3 saturated heterocycles. The largest absolute Gasteiger partial charge is 0.394 e. The third-order valence-electron chi connectivity index (χ3n) is 17.8. The van der Waals surface area contributed by atoms with Gasteiger partial charge in [-0.1, -0.05) is 257 Å². The number of ether oxygens (including phenoxy) is 6. The van der Waals surface area contributed by atoms with Crippen molar-refractivity contribution in [2.45, 2.75) is 336 Å². The van der Waals surface area contributed by atoms with Gasteiger partial charge in [-0.05, 0) is 89.9 Å². The normalized spacial score (nSPS) is 27.6. The number of nitrogens with one attached hydrogen (secondary N) is 1. The molecule has 0 aromatic carbocycles. The molecule has 17 unspecified atom stereocenters. The summed E-state index contributed by atoms with van der Waals surface area (Å²) < 4.78 is 34.4. The second-order valence-electron chi connectivity index (χ2n) is 26.0. The van der Waals surface area contributed by atoms with Gasteiger partial charge >= 0.3 is 0 Å². The Balaban J connectivity index is 1.42. The predicted octanol–water partition coefficient (Wildman–Crippen LogP) is 11.2. The fourth-order valence-corrected chi connectivity index (χ4v) is 11.8. The van der Waals surface area contributed by atoms with E-state index in [1.165, 1.54) is 96.3 Å². The van der Waals surface area contributed by atoms with Gasteiger partial charge < -0.3 is 89.9 Å². The molecule has 0 spiro atoms. The van der Waals surface area contributed by atoms with Crippen molar-refractivity contribution in [3.63, 3.8) is 0 Å². The Morgan fingerprint density at radius 1 is 0.381 bits per heavy atom. The van der Waals surface area contributed by atoms with Crippen LogP contribution in [0.15, 0.2) is 122 Å². The Kier molecular flexibility index (Phi) is 52.1. The Labute approximate surface area is 582 Å². The molecule has 0 aromatic rings. The average Bonchev–Trinajstić information content (AvgIpc) is 0.845. The van der Waals surface area contributed by atoms with Gasteiger partial charge in [-0.25, -0.2) is 0 Å². The lowest BCUT2D eigenvalue weighted by Crippen LogP contribution is -2.66. The number of hydrogen-bond acceptors (Lipinski definition) is 18. The highest BCUT2D eigenvalue weighted by molar-refractivity contribution is 5.76. The van der Waals surface area contributed by atoms with Crippen molar-refractivity contribution in [1.29, 1.82) is 0 Å². The minimum Gasteiger partial charge on any atom is -0.394 e. The zero-order valence-electron chi connectivity index (χ0n) is 59.0. The summed E-state index contributed by atoms with van der Waals surface area (Å²) in [7, 11) is 0. The first kappa shape index (κ1) is 87.4. The Bertz CT molecular complexity index is 2230. The van der Waals surface area contributed by atoms with E-state index in [0.717, 1.165) is 96.3 Å². The first-order valence-electron chi connectivity index (χ1n) is 37.3. The molecule has 3 fully saturated rings. The monoisotopic (exact) mass is 1370 g/mol. The molecule has 0 saturated carbocycles. The standard InChI is InChI=1S/C78H131NO18/c1-3-5-7-9-11-13-15-17-19-21-23-24-25-26-27-28-29-30-31-32-33-34-35-36-38-40-42-44-46-48-50-52-54-56-66(84)79-61(62(83)55-53-51-49-47-45-43-41-39-37-22-20-18-16-14-12-10-8-6-4-2)60-92-76-72(90)69(87)74(64(58-81)94-76)97-78-73(91)70(88)75(65(59-82)95-78)96-77-71(89)68(86)67(85)63(57-80)93-77/h5,7,11,13,17,19,23-24,26-27,29-30,32-33,35-36,40,42,46,48,61-65,67-78,80-83,85-91H,3-4,6,8-10,12,14-16,18,20-22,25,28,31,34,37-39,41,43-45,47,49-60H2,1-2H3,(H,79,84)/b7-5-,13-11-,19-17-,24-23-,27-26-,30-29-,33-32-,36-35-,42-40-,48-46-. The van der Waals surface area contributed by atoms with Crippen molar-refractivity contribution in [2.75, 3.05) is 26.4 Å². The van der Waals surface area contributed by atoms with Crippen LogP contribution in [0.5, 0.6) is 0 Å². The van der Waals surface area contributed by atoms with E-state index >= 15 is 0 Å². The first-order valence-corrected chi connectivity index (χ1v) is 37.3. The summed E-state index contributed by atoms with van der Waals surface area (Å²) in [5.74, 6) is -0.289. The van der Waals surface area contributed by atoms with Crippen molar-refractivity contribution in [1.82, 2.24) is 5.32 Å². The topological polar surface area (TPSA) is 307 Å². The highest BCUT2D eigenvalue weighted by Crippen LogP contribution is 2.33. The second kappa shape index (κ2) is 57.8. The van der Waals surface area contributed by atoms with E-state index in [-0.39, 0.29) is 18.9 Å². The maximum atomic E-state index is 13.4. The summed E-state index contributed by atoms with van der Waals surface area (Å²) in [5.41, 5.74) is 0. The highest BCUT2D eigenvalue weighted by Gasteiger charge is 2.53. The molecular weight excluding hydrogens is 1240 g/mol. The molecule has 3 heterocycles. The summed E-state index contributed by atoms with van der Waals surface area (Å²) >= 11 is 0. The summed E-state index contributed by atoms with van der Waals surface area (Å²) in [6, 6.07) is -0.921. The van der Waals surface area contributed by atoms with Gasteiger partial charge in [0, 0.05) is 6.42 Å². The van der Waals surface area contributed by atoms with Crippen molar-refractivity contribution < 1.29 is 89.4 Å². The van der Waals surface area contributed by atoms with E-state index in [0.29, 0.717) is 19.3 Å². The molecule has 19 heteroatoms. The number of hydrogen-bond donors (Lipinski definition) is 12. The SMILES string of the molecule is CC/C=C\C/C=C\C/C=C\C/C=C\C/C=C\C/C=C\C/C=C\C/C=C\C/C=C\C/C=C\CCCCC(=O)NC(COC1OC(CO)C(OC2OC(CO)C(OC3OC(CO)C(O)C(O)C3O)C(O)C2O)C(O)C1O)C(O)CCCCCCCCCCCCCCCCCCCCC. The van der Waals surface area contributed by atoms with Crippen LogP contribution in [-0.2, 0) is 33.2 Å². The number of aliphatic hydroxyl groups is 11. The number of carbonyl (C=O) groups excluding carboxylic acids is 1. The van der Waals surface area contributed by atoms with Crippen LogP contribution in [0.3, 0.4) is 0 Å². The fourth-order valence-electron chi connectivity index (χ4n) is 11.8. The summed E-state index contributed by atoms with van der Waals surface area (Å²) in [5, 5.41) is 121. The average molecular weight is 1370 g/mol. The van der Waals surface area contributed by atoms with E-state index in [2.05, 4.69) is 141 Å². The highest BCUT2D eigenvalue weighted by atomic mass is 16.8. The zero-order chi connectivity index (χ0) is 70.4. The van der Waals surface area contributed by atoms with Crippen LogP contribution >= 0.6 is 0 Å². The molecule has 0 bridgehead atoms. The smallest absolute Gasteiger partial charge is 0.220 e. The van der Waals surface area contributed by atoms with Gasteiger partial charge in [0.05, 0.1) is 38.6 Å². The van der Waals surface area contributed by atoms with Crippen LogP contribution in [-0.4, -0.2) is 193 Å². The van der Waals surface area contributed by atoms with Crippen LogP contribution < -0.4 is 5.32 Å². The lowest BCUT2D eigenvalue weighted by molar-refractivity contribution is -0.379. The number of rotatable bonds is 56. The molecule has 0 radical (unpaired) electrons. The fraction of sp³-hybridized carbons (Fsp3) is 0.731. The van der Waals surface area contributed by atoms with Crippen molar-refractivity contribution >= 4 is 5.91 Å². The predicted molar refractivity (Wildman–Crippen MR) is 383 cm³/mol. The minimum atomic E-state index is -1.98. The molecule has 12 N–H and O–H groups in total. The Hall–Kier alpha value is -3.81. The lowest BCUT2D eigenvalue weighted by atomic mass is 9.96. The third-order valence-corrected chi connectivity index (χ3v) is 17.8. The molecule has 97 heavy (non-hydrogen) atoms. The van der Waals surface area contributed by atoms with Crippen molar-refractivity contribution in [3.8, 4) is 0 Å². The van der Waals surface area contributed by atoms with Gasteiger partial charge in [0.25, 0.3) is 0 Å². The van der Waals surface area contributed by atoms with Gasteiger partial charge in [-0.15, -0.1) is 0 Å². The van der Waals surface area contributed by atoms with Gasteiger partial charge in [0.1, 0.15) is 73.2 Å². The number of carbonyl (C=O) groups is 1. The van der Waals surface area contributed by atoms with Crippen molar-refractivity contribution in [3.05, 3.63) is 122 Å². The van der Waals surface area contributed by atoms with Crippen LogP contribution in [0.25, 0.3) is 0 Å². The van der Waals surface area contributed by atoms with Crippen LogP contribution in [0.4, 0.5) is 0 Å².